The van der Waals surface area contributed by atoms with Gasteiger partial charge in [-0.1, -0.05) is 0 Å². The first-order chi connectivity index (χ1) is 12.6. The highest BCUT2D eigenvalue weighted by Crippen LogP contribution is 2.26. The van der Waals surface area contributed by atoms with Crippen molar-refractivity contribution in [1.29, 1.82) is 0 Å². The van der Waals surface area contributed by atoms with E-state index >= 15 is 0 Å². The van der Waals surface area contributed by atoms with Crippen LogP contribution < -0.4 is 0 Å². The molecule has 0 amide bonds. The average Bonchev–Trinajstić information content (AvgIpc) is 3.05. The lowest BCUT2D eigenvalue weighted by molar-refractivity contribution is 0.0586. The van der Waals surface area contributed by atoms with E-state index in [0.29, 0.717) is 11.1 Å². The molecule has 3 saturated heterocycles. The second-order valence-corrected chi connectivity index (χ2v) is 11.5. The molecule has 0 saturated carbocycles. The van der Waals surface area contributed by atoms with E-state index in [4.69, 9.17) is 0 Å². The zero-order valence-electron chi connectivity index (χ0n) is 19.1. The Labute approximate surface area is 169 Å². The molecular weight excluding hydrogens is 332 g/mol. The van der Waals surface area contributed by atoms with Gasteiger partial charge in [-0.2, -0.15) is 0 Å². The Morgan fingerprint density at radius 1 is 0.556 bits per heavy atom. The summed E-state index contributed by atoms with van der Waals surface area (Å²) in [4.78, 5) is 10.8. The van der Waals surface area contributed by atoms with E-state index in [1.54, 1.807) is 0 Å². The maximum atomic E-state index is 2.75. The van der Waals surface area contributed by atoms with E-state index in [0.717, 1.165) is 11.8 Å². The molecule has 3 aliphatic rings. The van der Waals surface area contributed by atoms with Crippen LogP contribution in [-0.2, 0) is 0 Å². The van der Waals surface area contributed by atoms with Crippen molar-refractivity contribution in [1.82, 2.24) is 19.6 Å². The highest BCUT2D eigenvalue weighted by Gasteiger charge is 2.32. The summed E-state index contributed by atoms with van der Waals surface area (Å²) in [5.41, 5.74) is 0.690. The number of hydrogen-bond acceptors (Lipinski definition) is 4. The van der Waals surface area contributed by atoms with Crippen LogP contribution in [0.15, 0.2) is 0 Å². The maximum Gasteiger partial charge on any atom is 0.0125 e. The van der Waals surface area contributed by atoms with Crippen molar-refractivity contribution in [2.45, 2.75) is 71.9 Å². The van der Waals surface area contributed by atoms with Gasteiger partial charge >= 0.3 is 0 Å². The first-order valence-electron chi connectivity index (χ1n) is 11.6. The van der Waals surface area contributed by atoms with Crippen LogP contribution in [0.25, 0.3) is 0 Å². The predicted octanol–water partition coefficient (Wildman–Crippen LogP) is 3.23. The summed E-state index contributed by atoms with van der Waals surface area (Å²) < 4.78 is 0. The molecule has 1 unspecified atom stereocenters. The minimum absolute atomic E-state index is 0.343. The average molecular weight is 379 g/mol. The van der Waals surface area contributed by atoms with E-state index in [1.807, 2.05) is 0 Å². The van der Waals surface area contributed by atoms with Crippen LogP contribution in [0, 0.1) is 11.8 Å². The van der Waals surface area contributed by atoms with Gasteiger partial charge in [0.1, 0.15) is 0 Å². The van der Waals surface area contributed by atoms with Crippen LogP contribution >= 0.6 is 0 Å². The lowest BCUT2D eigenvalue weighted by atomic mass is 9.92. The minimum Gasteiger partial charge on any atom is -0.301 e. The van der Waals surface area contributed by atoms with Crippen molar-refractivity contribution in [3.63, 3.8) is 0 Å². The van der Waals surface area contributed by atoms with Crippen LogP contribution in [-0.4, -0.2) is 96.1 Å². The third-order valence-electron chi connectivity index (χ3n) is 7.30. The Morgan fingerprint density at radius 2 is 0.963 bits per heavy atom. The molecule has 0 spiro atoms. The third-order valence-corrected chi connectivity index (χ3v) is 7.30. The molecule has 3 rings (SSSR count). The number of nitrogens with zero attached hydrogens (tertiary/aromatic N) is 4. The number of likely N-dealkylation sites (tertiary alicyclic amines) is 2. The number of hydrogen-bond donors (Lipinski definition) is 0. The molecule has 3 heterocycles. The fourth-order valence-electron chi connectivity index (χ4n) is 5.26. The summed E-state index contributed by atoms with van der Waals surface area (Å²) in [5, 5.41) is 0. The predicted molar refractivity (Wildman–Crippen MR) is 116 cm³/mol. The number of piperidine rings is 1. The zero-order valence-corrected chi connectivity index (χ0v) is 19.1. The Kier molecular flexibility index (Phi) is 6.93. The summed E-state index contributed by atoms with van der Waals surface area (Å²) in [6.45, 7) is 27.1. The number of piperazine rings is 1. The van der Waals surface area contributed by atoms with Gasteiger partial charge < -0.3 is 9.80 Å². The van der Waals surface area contributed by atoms with Gasteiger partial charge in [0.15, 0.2) is 0 Å². The third kappa shape index (κ3) is 6.16. The second kappa shape index (κ2) is 8.69. The van der Waals surface area contributed by atoms with Gasteiger partial charge in [0.05, 0.1) is 0 Å². The Bertz CT molecular complexity index is 448. The van der Waals surface area contributed by atoms with Crippen molar-refractivity contribution < 1.29 is 0 Å². The minimum atomic E-state index is 0.343. The van der Waals surface area contributed by atoms with E-state index < -0.39 is 0 Å². The molecule has 1 atom stereocenters. The monoisotopic (exact) mass is 378 g/mol. The zero-order chi connectivity index (χ0) is 19.7. The molecule has 0 aromatic heterocycles. The van der Waals surface area contributed by atoms with Crippen LogP contribution in [0.5, 0.6) is 0 Å². The fraction of sp³-hybridized carbons (Fsp3) is 1.00. The molecule has 27 heavy (non-hydrogen) atoms. The van der Waals surface area contributed by atoms with E-state index in [9.17, 15) is 0 Å². The van der Waals surface area contributed by atoms with Gasteiger partial charge in [0.2, 0.25) is 0 Å². The number of rotatable bonds is 4. The van der Waals surface area contributed by atoms with Crippen LogP contribution in [0.2, 0.25) is 0 Å². The van der Waals surface area contributed by atoms with Crippen LogP contribution in [0.3, 0.4) is 0 Å². The SMILES string of the molecule is CC(C)(C)N1CCC(CN2CCN(CC3CCN(C(C)(C)C)C3)CC2)CC1. The van der Waals surface area contributed by atoms with Crippen molar-refractivity contribution in [2.75, 3.05) is 65.4 Å². The summed E-state index contributed by atoms with van der Waals surface area (Å²) in [6, 6.07) is 0. The molecule has 0 aromatic rings. The molecule has 0 bridgehead atoms. The summed E-state index contributed by atoms with van der Waals surface area (Å²) in [5.74, 6) is 1.81. The van der Waals surface area contributed by atoms with Gasteiger partial charge in [-0.05, 0) is 92.3 Å². The molecule has 0 aromatic carbocycles. The van der Waals surface area contributed by atoms with E-state index in [-0.39, 0.29) is 0 Å². The Balaban J connectivity index is 1.33. The molecular formula is C23H46N4. The van der Waals surface area contributed by atoms with E-state index in [2.05, 4.69) is 61.1 Å². The standard InChI is InChI=1S/C23H46N4/c1-22(2,3)26-10-7-20(8-11-26)17-24-13-15-25(16-14-24)18-21-9-12-27(19-21)23(4,5)6/h20-21H,7-19H2,1-6H3. The quantitative estimate of drug-likeness (QED) is 0.744. The summed E-state index contributed by atoms with van der Waals surface area (Å²) in [7, 11) is 0. The lowest BCUT2D eigenvalue weighted by Crippen LogP contribution is -2.51. The van der Waals surface area contributed by atoms with Gasteiger partial charge in [-0.25, -0.2) is 0 Å². The van der Waals surface area contributed by atoms with Gasteiger partial charge in [-0.15, -0.1) is 0 Å². The highest BCUT2D eigenvalue weighted by molar-refractivity contribution is 4.87. The molecule has 158 valence electrons. The molecule has 4 heteroatoms. The molecule has 0 aliphatic carbocycles. The molecule has 0 radical (unpaired) electrons. The van der Waals surface area contributed by atoms with Crippen LogP contribution in [0.1, 0.15) is 60.8 Å². The van der Waals surface area contributed by atoms with Gasteiger partial charge in [0.25, 0.3) is 0 Å². The largest absolute Gasteiger partial charge is 0.301 e. The lowest BCUT2D eigenvalue weighted by Gasteiger charge is -2.43. The van der Waals surface area contributed by atoms with E-state index in [1.165, 1.54) is 84.7 Å². The highest BCUT2D eigenvalue weighted by atomic mass is 15.3. The second-order valence-electron chi connectivity index (χ2n) is 11.5. The molecule has 3 fully saturated rings. The van der Waals surface area contributed by atoms with Crippen LogP contribution in [0.4, 0.5) is 0 Å². The van der Waals surface area contributed by atoms with Gasteiger partial charge in [-0.3, -0.25) is 9.80 Å². The van der Waals surface area contributed by atoms with Crippen molar-refractivity contribution in [3.8, 4) is 0 Å². The summed E-state index contributed by atoms with van der Waals surface area (Å²) >= 11 is 0. The molecule has 3 aliphatic heterocycles. The first kappa shape index (κ1) is 21.5. The topological polar surface area (TPSA) is 13.0 Å². The molecule has 4 nitrogen and oxygen atoms in total. The fourth-order valence-corrected chi connectivity index (χ4v) is 5.26. The van der Waals surface area contributed by atoms with Crippen molar-refractivity contribution in [2.24, 2.45) is 11.8 Å². The Morgan fingerprint density at radius 3 is 1.41 bits per heavy atom. The normalized spacial score (nSPS) is 28.9. The Hall–Kier alpha value is -0.160. The maximum absolute atomic E-state index is 2.75. The van der Waals surface area contributed by atoms with Gasteiger partial charge in [0, 0.05) is 56.9 Å². The molecule has 0 N–H and O–H groups in total. The smallest absolute Gasteiger partial charge is 0.0125 e. The van der Waals surface area contributed by atoms with Crippen molar-refractivity contribution >= 4 is 0 Å². The van der Waals surface area contributed by atoms with Crippen molar-refractivity contribution in [3.05, 3.63) is 0 Å². The first-order valence-corrected chi connectivity index (χ1v) is 11.6. The summed E-state index contributed by atoms with van der Waals surface area (Å²) in [6.07, 6.45) is 4.17.